The molecule has 0 nitrogen and oxygen atoms in total. The topological polar surface area (TPSA) is 0 Å². The molecule has 1 aliphatic rings. The summed E-state index contributed by atoms with van der Waals surface area (Å²) in [4.78, 5) is 0. The quantitative estimate of drug-likeness (QED) is 0.308. The molecule has 0 N–H and O–H groups in total. The molecule has 3 aromatic rings. The number of hydrogen-bond acceptors (Lipinski definition) is 0. The van der Waals surface area contributed by atoms with E-state index >= 15 is 0 Å². The fourth-order valence-electron chi connectivity index (χ4n) is 4.64. The molecule has 1 aliphatic carbocycles. The van der Waals surface area contributed by atoms with E-state index in [1.807, 2.05) is 0 Å². The Labute approximate surface area is 195 Å². The first-order valence-electron chi connectivity index (χ1n) is 10.7. The van der Waals surface area contributed by atoms with Crippen LogP contribution in [0.5, 0.6) is 0 Å². The van der Waals surface area contributed by atoms with Gasteiger partial charge in [0.1, 0.15) is 0 Å². The summed E-state index contributed by atoms with van der Waals surface area (Å²) in [6.45, 7) is 6.80. The van der Waals surface area contributed by atoms with Crippen molar-refractivity contribution in [3.05, 3.63) is 89.0 Å². The van der Waals surface area contributed by atoms with Crippen molar-refractivity contribution < 1.29 is 19.4 Å². The molecule has 3 aromatic carbocycles. The molecule has 0 radical (unpaired) electrons. The summed E-state index contributed by atoms with van der Waals surface area (Å²) in [7, 11) is 13.4. The Morgan fingerprint density at radius 3 is 2.17 bits per heavy atom. The number of halogens is 2. The minimum atomic E-state index is -2.51. The van der Waals surface area contributed by atoms with Crippen LogP contribution in [0.3, 0.4) is 0 Å². The molecular weight excluding hydrogens is 486 g/mol. The van der Waals surface area contributed by atoms with Crippen LogP contribution in [-0.4, -0.2) is 0 Å². The van der Waals surface area contributed by atoms with E-state index < -0.39 is 19.4 Å². The van der Waals surface area contributed by atoms with E-state index in [1.54, 1.807) is 0 Å². The third-order valence-corrected chi connectivity index (χ3v) is 11.3. The number of allylic oxidation sites excluding steroid dienone is 1. The molecule has 0 bridgehead atoms. The average molecular weight is 514 g/mol. The molecule has 153 valence electrons. The van der Waals surface area contributed by atoms with Gasteiger partial charge in [-0.05, 0) is 0 Å². The minimum absolute atomic E-state index is 0.273. The summed E-state index contributed by atoms with van der Waals surface area (Å²) in [6.07, 6.45) is 4.60. The normalized spacial score (nSPS) is 15.3. The van der Waals surface area contributed by atoms with Crippen molar-refractivity contribution >= 4 is 23.1 Å². The summed E-state index contributed by atoms with van der Waals surface area (Å²) in [5.41, 5.74) is 10.7. The molecule has 0 aromatic heterocycles. The van der Waals surface area contributed by atoms with Crippen molar-refractivity contribution in [2.75, 3.05) is 0 Å². The summed E-state index contributed by atoms with van der Waals surface area (Å²) >= 11 is -2.51. The van der Waals surface area contributed by atoms with Crippen molar-refractivity contribution in [1.29, 1.82) is 0 Å². The molecule has 3 heteroatoms. The van der Waals surface area contributed by atoms with Crippen LogP contribution in [0.15, 0.2) is 72.3 Å². The van der Waals surface area contributed by atoms with Crippen LogP contribution < -0.4 is 0 Å². The fraction of sp³-hybridized carbons (Fsp3) is 0.259. The van der Waals surface area contributed by atoms with Crippen molar-refractivity contribution in [3.8, 4) is 22.3 Å². The molecule has 0 saturated heterocycles. The zero-order valence-corrected chi connectivity index (χ0v) is 21.7. The van der Waals surface area contributed by atoms with E-state index in [0.717, 1.165) is 12.8 Å². The van der Waals surface area contributed by atoms with E-state index in [9.17, 15) is 0 Å². The first-order chi connectivity index (χ1) is 14.5. The molecule has 0 saturated carbocycles. The molecule has 4 rings (SSSR count). The Balaban J connectivity index is 2.01. The third kappa shape index (κ3) is 4.14. The van der Waals surface area contributed by atoms with Gasteiger partial charge in [-0.3, -0.25) is 0 Å². The summed E-state index contributed by atoms with van der Waals surface area (Å²) in [6, 6.07) is 24.1. The molecule has 0 fully saturated rings. The third-order valence-electron chi connectivity index (χ3n) is 5.98. The van der Waals surface area contributed by atoms with Gasteiger partial charge in [0, 0.05) is 0 Å². The van der Waals surface area contributed by atoms with Gasteiger partial charge >= 0.3 is 197 Å². The first-order valence-corrected chi connectivity index (χ1v) is 18.5. The van der Waals surface area contributed by atoms with Gasteiger partial charge in [-0.15, -0.1) is 0 Å². The SMILES string of the molecule is CCCC1=Cc2c(ccc(C(C)C)c2-c2ccccc2-c2ccccc2)[CH]1[Zr]([Cl])[Cl]. The average Bonchev–Trinajstić information content (AvgIpc) is 3.12. The van der Waals surface area contributed by atoms with Gasteiger partial charge in [-0.1, -0.05) is 0 Å². The summed E-state index contributed by atoms with van der Waals surface area (Å²) in [5, 5.41) is 0. The zero-order valence-electron chi connectivity index (χ0n) is 17.8. The second-order valence-electron chi connectivity index (χ2n) is 8.29. The number of rotatable bonds is 6. The standard InChI is InChI=1S/C27H27.2ClH.Zr/c1-4-10-20-17-22-15-16-23(19(2)3)27(26(22)18-20)25-14-9-8-13-24(25)21-11-6-5-7-12-21;;;/h5-9,11-19H,4,10H2,1-3H3;2*1H;/q;;;+2/p-2. The monoisotopic (exact) mass is 511 g/mol. The van der Waals surface area contributed by atoms with Gasteiger partial charge < -0.3 is 0 Å². The van der Waals surface area contributed by atoms with Crippen LogP contribution in [-0.2, 0) is 19.4 Å². The van der Waals surface area contributed by atoms with Crippen molar-refractivity contribution in [1.82, 2.24) is 0 Å². The van der Waals surface area contributed by atoms with Gasteiger partial charge in [0.25, 0.3) is 0 Å². The number of fused-ring (bicyclic) bond motifs is 1. The maximum absolute atomic E-state index is 6.69. The van der Waals surface area contributed by atoms with E-state index in [-0.39, 0.29) is 3.63 Å². The number of hydrogen-bond donors (Lipinski definition) is 0. The van der Waals surface area contributed by atoms with Crippen molar-refractivity contribution in [2.45, 2.75) is 43.2 Å². The molecule has 30 heavy (non-hydrogen) atoms. The van der Waals surface area contributed by atoms with Crippen LogP contribution in [0.4, 0.5) is 0 Å². The Morgan fingerprint density at radius 1 is 0.867 bits per heavy atom. The molecule has 0 aliphatic heterocycles. The first kappa shape index (κ1) is 22.1. The Hall–Kier alpha value is -1.14. The zero-order chi connectivity index (χ0) is 21.3. The molecule has 1 unspecified atom stereocenters. The number of benzene rings is 3. The molecule has 0 heterocycles. The Kier molecular flexibility index (Phi) is 7.03. The maximum atomic E-state index is 6.69. The Bertz CT molecular complexity index is 1070. The van der Waals surface area contributed by atoms with Gasteiger partial charge in [0.15, 0.2) is 0 Å². The molecule has 0 spiro atoms. The van der Waals surface area contributed by atoms with Crippen LogP contribution in [0.1, 0.15) is 59.8 Å². The van der Waals surface area contributed by atoms with E-state index in [2.05, 4.69) is 93.6 Å². The predicted molar refractivity (Wildman–Crippen MR) is 129 cm³/mol. The van der Waals surface area contributed by atoms with Gasteiger partial charge in [-0.25, -0.2) is 0 Å². The molecule has 0 amide bonds. The van der Waals surface area contributed by atoms with Crippen LogP contribution in [0.2, 0.25) is 0 Å². The van der Waals surface area contributed by atoms with Gasteiger partial charge in [-0.2, -0.15) is 0 Å². The van der Waals surface area contributed by atoms with Crippen LogP contribution in [0, 0.1) is 0 Å². The van der Waals surface area contributed by atoms with E-state index in [1.165, 1.54) is 44.5 Å². The second kappa shape index (κ2) is 9.56. The van der Waals surface area contributed by atoms with Crippen LogP contribution in [0.25, 0.3) is 28.3 Å². The molecular formula is C27H27Cl2Zr. The predicted octanol–water partition coefficient (Wildman–Crippen LogP) is 9.31. The molecule has 1 atom stereocenters. The fourth-order valence-corrected chi connectivity index (χ4v) is 10.1. The van der Waals surface area contributed by atoms with Crippen molar-refractivity contribution in [3.63, 3.8) is 0 Å². The van der Waals surface area contributed by atoms with E-state index in [0.29, 0.717) is 5.92 Å². The van der Waals surface area contributed by atoms with Crippen LogP contribution >= 0.6 is 17.0 Å². The summed E-state index contributed by atoms with van der Waals surface area (Å²) in [5.74, 6) is 0.432. The van der Waals surface area contributed by atoms with Gasteiger partial charge in [0.05, 0.1) is 0 Å². The second-order valence-corrected chi connectivity index (χ2v) is 17.1. The van der Waals surface area contributed by atoms with E-state index in [4.69, 9.17) is 17.0 Å². The van der Waals surface area contributed by atoms with Gasteiger partial charge in [0.2, 0.25) is 0 Å². The Morgan fingerprint density at radius 2 is 1.53 bits per heavy atom. The van der Waals surface area contributed by atoms with Crippen molar-refractivity contribution in [2.24, 2.45) is 0 Å². The summed E-state index contributed by atoms with van der Waals surface area (Å²) < 4.78 is 0.273.